The number of hydrogen-bond donors (Lipinski definition) is 5. The minimum atomic E-state index is -1.87. The minimum Gasteiger partial charge on any atom is -0.504 e. The SMILES string of the molecule is COc1cc([C@@H](O)[C@@]2(c3ccc(O)c(OC)c3)NC(=O)NC2=O)ccc1O. The average molecular weight is 374 g/mol. The Bertz CT molecular complexity index is 915. The molecule has 5 N–H and O–H groups in total. The number of imide groups is 1. The molecule has 1 aliphatic rings. The number of hydrogen-bond acceptors (Lipinski definition) is 7. The molecule has 0 aliphatic carbocycles. The van der Waals surface area contributed by atoms with Gasteiger partial charge in [0, 0.05) is 0 Å². The first kappa shape index (κ1) is 18.3. The Labute approximate surface area is 154 Å². The zero-order valence-electron chi connectivity index (χ0n) is 14.5. The maximum Gasteiger partial charge on any atom is 0.322 e. The van der Waals surface area contributed by atoms with Crippen LogP contribution in [0.4, 0.5) is 4.79 Å². The monoisotopic (exact) mass is 374 g/mol. The van der Waals surface area contributed by atoms with Gasteiger partial charge in [-0.2, -0.15) is 0 Å². The highest BCUT2D eigenvalue weighted by Gasteiger charge is 2.54. The van der Waals surface area contributed by atoms with Crippen LogP contribution in [0.25, 0.3) is 0 Å². The summed E-state index contributed by atoms with van der Waals surface area (Å²) in [6.45, 7) is 0. The number of carbonyl (C=O) groups is 2. The van der Waals surface area contributed by atoms with Gasteiger partial charge in [-0.25, -0.2) is 4.79 Å². The van der Waals surface area contributed by atoms with E-state index in [1.807, 2.05) is 0 Å². The maximum atomic E-state index is 12.7. The molecule has 9 nitrogen and oxygen atoms in total. The molecule has 1 heterocycles. The molecule has 3 amide bonds. The lowest BCUT2D eigenvalue weighted by Crippen LogP contribution is -2.49. The van der Waals surface area contributed by atoms with Crippen molar-refractivity contribution in [3.05, 3.63) is 47.5 Å². The predicted octanol–water partition coefficient (Wildman–Crippen LogP) is 0.883. The Hall–Kier alpha value is -3.46. The molecule has 2 atom stereocenters. The first-order valence-electron chi connectivity index (χ1n) is 7.89. The molecule has 0 spiro atoms. The van der Waals surface area contributed by atoms with E-state index in [4.69, 9.17) is 9.47 Å². The Morgan fingerprint density at radius 2 is 1.56 bits per heavy atom. The number of phenolic OH excluding ortho intramolecular Hbond substituents is 2. The summed E-state index contributed by atoms with van der Waals surface area (Å²) in [5.74, 6) is -0.929. The van der Waals surface area contributed by atoms with E-state index >= 15 is 0 Å². The van der Waals surface area contributed by atoms with Crippen molar-refractivity contribution in [2.24, 2.45) is 0 Å². The fourth-order valence-electron chi connectivity index (χ4n) is 3.06. The molecule has 2 aromatic rings. The molecule has 2 aromatic carbocycles. The van der Waals surface area contributed by atoms with E-state index in [0.29, 0.717) is 0 Å². The van der Waals surface area contributed by atoms with Crippen LogP contribution in [0.3, 0.4) is 0 Å². The second-order valence-corrected chi connectivity index (χ2v) is 5.94. The van der Waals surface area contributed by atoms with E-state index in [-0.39, 0.29) is 34.1 Å². The molecule has 1 aliphatic heterocycles. The first-order chi connectivity index (χ1) is 12.8. The number of carbonyl (C=O) groups excluding carboxylic acids is 2. The average Bonchev–Trinajstić information content (AvgIpc) is 2.96. The summed E-state index contributed by atoms with van der Waals surface area (Å²) in [6, 6.07) is 7.31. The fraction of sp³-hybridized carbons (Fsp3) is 0.222. The van der Waals surface area contributed by atoms with E-state index < -0.39 is 23.6 Å². The number of phenols is 2. The molecule has 1 saturated heterocycles. The highest BCUT2D eigenvalue weighted by Crippen LogP contribution is 2.42. The molecule has 142 valence electrons. The van der Waals surface area contributed by atoms with Crippen molar-refractivity contribution >= 4 is 11.9 Å². The van der Waals surface area contributed by atoms with Crippen LogP contribution in [0.5, 0.6) is 23.0 Å². The van der Waals surface area contributed by atoms with E-state index in [1.54, 1.807) is 0 Å². The van der Waals surface area contributed by atoms with Crippen LogP contribution in [0, 0.1) is 0 Å². The third kappa shape index (κ3) is 2.87. The first-order valence-corrected chi connectivity index (χ1v) is 7.89. The summed E-state index contributed by atoms with van der Waals surface area (Å²) in [5, 5.41) is 35.2. The lowest BCUT2D eigenvalue weighted by Gasteiger charge is -2.32. The third-order valence-electron chi connectivity index (χ3n) is 4.46. The number of benzene rings is 2. The molecule has 0 aromatic heterocycles. The number of urea groups is 1. The highest BCUT2D eigenvalue weighted by molar-refractivity contribution is 6.08. The highest BCUT2D eigenvalue weighted by atomic mass is 16.5. The van der Waals surface area contributed by atoms with Gasteiger partial charge in [-0.1, -0.05) is 12.1 Å². The van der Waals surface area contributed by atoms with E-state index in [1.165, 1.54) is 50.6 Å². The minimum absolute atomic E-state index is 0.0660. The maximum absolute atomic E-state index is 12.7. The van der Waals surface area contributed by atoms with Gasteiger partial charge in [-0.15, -0.1) is 0 Å². The molecule has 0 radical (unpaired) electrons. The van der Waals surface area contributed by atoms with Crippen molar-refractivity contribution in [2.45, 2.75) is 11.6 Å². The number of nitrogens with one attached hydrogen (secondary N) is 2. The molecule has 0 saturated carbocycles. The topological polar surface area (TPSA) is 137 Å². The molecule has 1 fully saturated rings. The normalized spacial score (nSPS) is 20.0. The predicted molar refractivity (Wildman–Crippen MR) is 92.6 cm³/mol. The van der Waals surface area contributed by atoms with Gasteiger partial charge in [0.2, 0.25) is 0 Å². The van der Waals surface area contributed by atoms with Crippen molar-refractivity contribution in [2.75, 3.05) is 14.2 Å². The molecule has 3 rings (SSSR count). The molecule has 0 unspecified atom stereocenters. The zero-order chi connectivity index (χ0) is 19.8. The number of rotatable bonds is 5. The third-order valence-corrected chi connectivity index (χ3v) is 4.46. The van der Waals surface area contributed by atoms with Gasteiger partial charge in [0.05, 0.1) is 14.2 Å². The van der Waals surface area contributed by atoms with E-state index in [2.05, 4.69) is 10.6 Å². The second-order valence-electron chi connectivity index (χ2n) is 5.94. The van der Waals surface area contributed by atoms with Crippen molar-refractivity contribution in [1.29, 1.82) is 0 Å². The second kappa shape index (κ2) is 6.69. The van der Waals surface area contributed by atoms with E-state index in [0.717, 1.165) is 0 Å². The van der Waals surface area contributed by atoms with Crippen LogP contribution in [0.15, 0.2) is 36.4 Å². The Morgan fingerprint density at radius 3 is 2.11 bits per heavy atom. The van der Waals surface area contributed by atoms with Crippen LogP contribution in [-0.4, -0.2) is 41.5 Å². The molecule has 27 heavy (non-hydrogen) atoms. The van der Waals surface area contributed by atoms with Crippen molar-refractivity contribution in [1.82, 2.24) is 10.6 Å². The van der Waals surface area contributed by atoms with Crippen molar-refractivity contribution in [3.63, 3.8) is 0 Å². The van der Waals surface area contributed by atoms with Crippen molar-refractivity contribution < 1.29 is 34.4 Å². The quantitative estimate of drug-likeness (QED) is 0.490. The molecular formula is C18H18N2O7. The number of methoxy groups -OCH3 is 2. The summed E-state index contributed by atoms with van der Waals surface area (Å²) in [7, 11) is 2.68. The largest absolute Gasteiger partial charge is 0.504 e. The van der Waals surface area contributed by atoms with Crippen LogP contribution < -0.4 is 20.1 Å². The number of ether oxygens (including phenoxy) is 2. The van der Waals surface area contributed by atoms with Gasteiger partial charge in [-0.3, -0.25) is 10.1 Å². The van der Waals surface area contributed by atoms with E-state index in [9.17, 15) is 24.9 Å². The van der Waals surface area contributed by atoms with Crippen LogP contribution in [0.1, 0.15) is 17.2 Å². The van der Waals surface area contributed by atoms with Gasteiger partial charge in [0.1, 0.15) is 6.10 Å². The van der Waals surface area contributed by atoms with Crippen LogP contribution >= 0.6 is 0 Å². The number of aromatic hydroxyl groups is 2. The van der Waals surface area contributed by atoms with Crippen LogP contribution in [-0.2, 0) is 10.3 Å². The standard InChI is InChI=1S/C18H18N2O7/c1-26-13-7-9(3-5-11(13)21)15(23)18(16(24)19-17(25)20-18)10-4-6-12(22)14(8-10)27-2/h3-8,15,21-23H,1-2H3,(H2,19,20,24,25)/t15-,18-/m1/s1. The van der Waals surface area contributed by atoms with Gasteiger partial charge < -0.3 is 30.1 Å². The summed E-state index contributed by atoms with van der Waals surface area (Å²) < 4.78 is 10.1. The summed E-state index contributed by atoms with van der Waals surface area (Å²) in [6.07, 6.45) is -1.53. The number of aliphatic hydroxyl groups excluding tert-OH is 1. The lowest BCUT2D eigenvalue weighted by atomic mass is 9.81. The van der Waals surface area contributed by atoms with Gasteiger partial charge in [0.25, 0.3) is 5.91 Å². The smallest absolute Gasteiger partial charge is 0.322 e. The van der Waals surface area contributed by atoms with Gasteiger partial charge >= 0.3 is 6.03 Å². The Kier molecular flexibility index (Phi) is 4.54. The van der Waals surface area contributed by atoms with Gasteiger partial charge in [-0.05, 0) is 35.4 Å². The van der Waals surface area contributed by atoms with Crippen molar-refractivity contribution in [3.8, 4) is 23.0 Å². The molecule has 0 bridgehead atoms. The zero-order valence-corrected chi connectivity index (χ0v) is 14.5. The van der Waals surface area contributed by atoms with Gasteiger partial charge in [0.15, 0.2) is 28.5 Å². The molecular weight excluding hydrogens is 356 g/mol. The Balaban J connectivity index is 2.17. The number of amides is 3. The summed E-state index contributed by atoms with van der Waals surface area (Å²) >= 11 is 0. The lowest BCUT2D eigenvalue weighted by molar-refractivity contribution is -0.128. The number of aliphatic hydroxyl groups is 1. The fourth-order valence-corrected chi connectivity index (χ4v) is 3.06. The molecule has 9 heteroatoms. The Morgan fingerprint density at radius 1 is 0.963 bits per heavy atom. The summed E-state index contributed by atoms with van der Waals surface area (Å²) in [5.41, 5.74) is -1.46. The summed E-state index contributed by atoms with van der Waals surface area (Å²) in [4.78, 5) is 24.6. The van der Waals surface area contributed by atoms with Crippen LogP contribution in [0.2, 0.25) is 0 Å².